The first-order valence-corrected chi connectivity index (χ1v) is 5.46. The van der Waals surface area contributed by atoms with Gasteiger partial charge in [0, 0.05) is 26.2 Å². The van der Waals surface area contributed by atoms with Gasteiger partial charge in [-0.25, -0.2) is 9.79 Å². The van der Waals surface area contributed by atoms with E-state index in [-0.39, 0.29) is 16.9 Å². The number of rotatable bonds is 3. The van der Waals surface area contributed by atoms with E-state index in [1.807, 2.05) is 0 Å². The smallest absolute Gasteiger partial charge is 0.340 e. The summed E-state index contributed by atoms with van der Waals surface area (Å²) in [6.07, 6.45) is 0. The van der Waals surface area contributed by atoms with Crippen LogP contribution >= 0.6 is 0 Å². The highest BCUT2D eigenvalue weighted by Gasteiger charge is 2.16. The van der Waals surface area contributed by atoms with Crippen LogP contribution in [0.5, 0.6) is 0 Å². The van der Waals surface area contributed by atoms with E-state index >= 15 is 0 Å². The molecular weight excluding hydrogens is 250 g/mol. The van der Waals surface area contributed by atoms with Crippen molar-refractivity contribution in [1.29, 1.82) is 0 Å². The van der Waals surface area contributed by atoms with Gasteiger partial charge in [0.15, 0.2) is 0 Å². The van der Waals surface area contributed by atoms with Gasteiger partial charge >= 0.3 is 5.97 Å². The summed E-state index contributed by atoms with van der Waals surface area (Å²) < 4.78 is 4.63. The number of carbonyl (C=O) groups excluding carboxylic acids is 1. The highest BCUT2D eigenvalue weighted by atomic mass is 16.6. The van der Waals surface area contributed by atoms with Crippen LogP contribution in [0.15, 0.2) is 23.2 Å². The molecule has 0 aromatic heterocycles. The predicted octanol–water partition coefficient (Wildman–Crippen LogP) is 1.99. The molecule has 7 nitrogen and oxygen atoms in total. The molecule has 1 aromatic carbocycles. The van der Waals surface area contributed by atoms with Crippen LogP contribution in [0.3, 0.4) is 0 Å². The first kappa shape index (κ1) is 14.6. The SMILES string of the molecule is COC(=O)c1ccc([N+](=O)[O-])cc1N=C(C)N(C)C. The molecule has 0 aliphatic rings. The topological polar surface area (TPSA) is 85.0 Å². The molecule has 0 amide bonds. The van der Waals surface area contributed by atoms with Gasteiger partial charge in [0.25, 0.3) is 5.69 Å². The van der Waals surface area contributed by atoms with Crippen molar-refractivity contribution < 1.29 is 14.5 Å². The summed E-state index contributed by atoms with van der Waals surface area (Å²) in [7, 11) is 4.82. The Bertz CT molecular complexity index is 538. The average Bonchev–Trinajstić information content (AvgIpc) is 2.37. The molecule has 0 radical (unpaired) electrons. The minimum Gasteiger partial charge on any atom is -0.465 e. The Morgan fingerprint density at radius 1 is 1.42 bits per heavy atom. The number of nitro groups is 1. The molecule has 0 bridgehead atoms. The number of hydrogen-bond donors (Lipinski definition) is 0. The third kappa shape index (κ3) is 3.51. The van der Waals surface area contributed by atoms with Gasteiger partial charge in [-0.1, -0.05) is 0 Å². The van der Waals surface area contributed by atoms with Crippen molar-refractivity contribution in [3.8, 4) is 0 Å². The Hall–Kier alpha value is -2.44. The molecule has 1 aromatic rings. The zero-order valence-corrected chi connectivity index (χ0v) is 11.2. The van der Waals surface area contributed by atoms with Crippen LogP contribution in [-0.4, -0.2) is 42.8 Å². The van der Waals surface area contributed by atoms with E-state index in [9.17, 15) is 14.9 Å². The van der Waals surface area contributed by atoms with Crippen LogP contribution in [0.2, 0.25) is 0 Å². The highest BCUT2D eigenvalue weighted by molar-refractivity contribution is 5.97. The van der Waals surface area contributed by atoms with E-state index in [2.05, 4.69) is 9.73 Å². The number of ether oxygens (including phenoxy) is 1. The largest absolute Gasteiger partial charge is 0.465 e. The van der Waals surface area contributed by atoms with Gasteiger partial charge in [0.2, 0.25) is 0 Å². The summed E-state index contributed by atoms with van der Waals surface area (Å²) in [5.74, 6) is 0.0332. The quantitative estimate of drug-likeness (QED) is 0.274. The molecule has 0 unspecified atom stereocenters. The van der Waals surface area contributed by atoms with Gasteiger partial charge in [-0.2, -0.15) is 0 Å². The fourth-order valence-electron chi connectivity index (χ4n) is 1.28. The predicted molar refractivity (Wildman–Crippen MR) is 70.9 cm³/mol. The fraction of sp³-hybridized carbons (Fsp3) is 0.333. The standard InChI is InChI=1S/C12H15N3O4/c1-8(14(2)3)13-11-7-9(15(17)18)5-6-10(11)12(16)19-4/h5-7H,1-4H3. The van der Waals surface area contributed by atoms with Gasteiger partial charge in [-0.15, -0.1) is 0 Å². The van der Waals surface area contributed by atoms with Crippen molar-refractivity contribution in [2.24, 2.45) is 4.99 Å². The van der Waals surface area contributed by atoms with Gasteiger partial charge in [-0.05, 0) is 13.0 Å². The second-order valence-corrected chi connectivity index (χ2v) is 4.00. The lowest BCUT2D eigenvalue weighted by atomic mass is 10.1. The van der Waals surface area contributed by atoms with E-state index in [1.165, 1.54) is 25.3 Å². The Morgan fingerprint density at radius 2 is 2.05 bits per heavy atom. The Balaban J connectivity index is 3.38. The van der Waals surface area contributed by atoms with Crippen molar-refractivity contribution >= 4 is 23.2 Å². The third-order valence-electron chi connectivity index (χ3n) is 2.53. The maximum Gasteiger partial charge on any atom is 0.340 e. The molecule has 0 saturated heterocycles. The van der Waals surface area contributed by atoms with E-state index in [1.54, 1.807) is 25.9 Å². The minimum absolute atomic E-state index is 0.127. The number of nitrogens with zero attached hydrogens (tertiary/aromatic N) is 3. The molecule has 1 rings (SSSR count). The number of amidine groups is 1. The van der Waals surface area contributed by atoms with Crippen molar-refractivity contribution in [2.75, 3.05) is 21.2 Å². The first-order chi connectivity index (χ1) is 8.86. The van der Waals surface area contributed by atoms with Crippen LogP contribution in [0.4, 0.5) is 11.4 Å². The second kappa shape index (κ2) is 5.94. The molecule has 0 fully saturated rings. The Labute approximate surface area is 110 Å². The average molecular weight is 265 g/mol. The van der Waals surface area contributed by atoms with Gasteiger partial charge in [-0.3, -0.25) is 10.1 Å². The van der Waals surface area contributed by atoms with Crippen LogP contribution in [0.25, 0.3) is 0 Å². The molecule has 102 valence electrons. The summed E-state index contributed by atoms with van der Waals surface area (Å²) in [6, 6.07) is 3.83. The van der Waals surface area contributed by atoms with Gasteiger partial charge in [0.05, 0.1) is 23.3 Å². The zero-order valence-electron chi connectivity index (χ0n) is 11.2. The van der Waals surface area contributed by atoms with Gasteiger partial charge < -0.3 is 9.64 Å². The number of methoxy groups -OCH3 is 1. The summed E-state index contributed by atoms with van der Waals surface area (Å²) in [5.41, 5.74) is 0.277. The monoisotopic (exact) mass is 265 g/mol. The Morgan fingerprint density at radius 3 is 2.53 bits per heavy atom. The van der Waals surface area contributed by atoms with E-state index in [0.29, 0.717) is 5.84 Å². The number of nitro benzene ring substituents is 1. The number of carbonyl (C=O) groups is 1. The number of hydrogen-bond acceptors (Lipinski definition) is 5. The molecule has 0 saturated carbocycles. The van der Waals surface area contributed by atoms with Crippen LogP contribution in [0, 0.1) is 10.1 Å². The van der Waals surface area contributed by atoms with Crippen LogP contribution in [0.1, 0.15) is 17.3 Å². The van der Waals surface area contributed by atoms with Crippen molar-refractivity contribution in [3.63, 3.8) is 0 Å². The van der Waals surface area contributed by atoms with Crippen molar-refractivity contribution in [3.05, 3.63) is 33.9 Å². The molecule has 0 spiro atoms. The Kier molecular flexibility index (Phi) is 4.57. The number of esters is 1. The van der Waals surface area contributed by atoms with Crippen LogP contribution < -0.4 is 0 Å². The third-order valence-corrected chi connectivity index (χ3v) is 2.53. The van der Waals surface area contributed by atoms with E-state index in [4.69, 9.17) is 0 Å². The van der Waals surface area contributed by atoms with Crippen LogP contribution in [-0.2, 0) is 4.74 Å². The van der Waals surface area contributed by atoms with E-state index in [0.717, 1.165) is 0 Å². The van der Waals surface area contributed by atoms with Crippen molar-refractivity contribution in [1.82, 2.24) is 4.90 Å². The molecule has 0 atom stereocenters. The summed E-state index contributed by atoms with van der Waals surface area (Å²) in [4.78, 5) is 27.8. The highest BCUT2D eigenvalue weighted by Crippen LogP contribution is 2.26. The lowest BCUT2D eigenvalue weighted by molar-refractivity contribution is -0.384. The summed E-state index contributed by atoms with van der Waals surface area (Å²) >= 11 is 0. The molecule has 0 heterocycles. The summed E-state index contributed by atoms with van der Waals surface area (Å²) in [5, 5.41) is 10.8. The number of non-ortho nitro benzene ring substituents is 1. The zero-order chi connectivity index (χ0) is 14.6. The molecule has 0 aliphatic heterocycles. The lowest BCUT2D eigenvalue weighted by Gasteiger charge is -2.12. The maximum absolute atomic E-state index is 11.6. The van der Waals surface area contributed by atoms with Gasteiger partial charge in [0.1, 0.15) is 5.84 Å². The number of aliphatic imine (C=N–C) groups is 1. The minimum atomic E-state index is -0.583. The van der Waals surface area contributed by atoms with Crippen molar-refractivity contribution in [2.45, 2.75) is 6.92 Å². The normalized spacial score (nSPS) is 11.1. The molecular formula is C12H15N3O4. The summed E-state index contributed by atoms with van der Waals surface area (Å²) in [6.45, 7) is 1.74. The lowest BCUT2D eigenvalue weighted by Crippen LogP contribution is -2.18. The molecule has 0 N–H and O–H groups in total. The first-order valence-electron chi connectivity index (χ1n) is 5.46. The molecule has 19 heavy (non-hydrogen) atoms. The molecule has 7 heteroatoms. The number of benzene rings is 1. The maximum atomic E-state index is 11.6. The second-order valence-electron chi connectivity index (χ2n) is 4.00. The fourth-order valence-corrected chi connectivity index (χ4v) is 1.28. The molecule has 0 aliphatic carbocycles. The van der Waals surface area contributed by atoms with E-state index < -0.39 is 10.9 Å².